The van der Waals surface area contributed by atoms with E-state index in [9.17, 15) is 9.59 Å². The second-order valence-electron chi connectivity index (χ2n) is 5.83. The number of aromatic nitrogens is 1. The molecule has 0 radical (unpaired) electrons. The lowest BCUT2D eigenvalue weighted by atomic mass is 9.98. The maximum atomic E-state index is 12.5. The average Bonchev–Trinajstić information content (AvgIpc) is 2.62. The second kappa shape index (κ2) is 6.74. The van der Waals surface area contributed by atoms with E-state index in [-0.39, 0.29) is 17.9 Å². The summed E-state index contributed by atoms with van der Waals surface area (Å²) in [5.74, 6) is 0.0576. The van der Waals surface area contributed by atoms with Crippen LogP contribution in [0, 0.1) is 5.92 Å². The van der Waals surface area contributed by atoms with Gasteiger partial charge in [-0.2, -0.15) is 0 Å². The van der Waals surface area contributed by atoms with E-state index in [2.05, 4.69) is 10.3 Å². The van der Waals surface area contributed by atoms with E-state index in [0.717, 1.165) is 18.2 Å². The van der Waals surface area contributed by atoms with Crippen LogP contribution in [-0.2, 0) is 4.79 Å². The minimum atomic E-state index is -0.357. The fourth-order valence-corrected chi connectivity index (χ4v) is 3.01. The molecule has 3 rings (SSSR count). The number of nitrogens with zero attached hydrogens (tertiary/aromatic N) is 2. The Kier molecular flexibility index (Phi) is 4.50. The summed E-state index contributed by atoms with van der Waals surface area (Å²) in [7, 11) is 1.59. The zero-order valence-corrected chi connectivity index (χ0v) is 13.5. The van der Waals surface area contributed by atoms with Gasteiger partial charge in [0.05, 0.1) is 24.2 Å². The van der Waals surface area contributed by atoms with Gasteiger partial charge in [0, 0.05) is 24.7 Å². The van der Waals surface area contributed by atoms with E-state index in [1.54, 1.807) is 30.3 Å². The third kappa shape index (κ3) is 3.10. The van der Waals surface area contributed by atoms with Crippen LogP contribution in [0.5, 0.6) is 5.75 Å². The Morgan fingerprint density at radius 2 is 2.21 bits per heavy atom. The maximum Gasteiger partial charge on any atom is 0.321 e. The smallest absolute Gasteiger partial charge is 0.321 e. The normalized spacial score (nSPS) is 17.5. The number of anilines is 1. The fourth-order valence-electron chi connectivity index (χ4n) is 3.01. The van der Waals surface area contributed by atoms with Crippen LogP contribution in [-0.4, -0.2) is 42.0 Å². The number of primary amides is 1. The SMILES string of the molecule is COc1ccc(NC(=O)N2CCC[C@H](C(N)=O)C2)c2ncccc12. The highest BCUT2D eigenvalue weighted by Gasteiger charge is 2.27. The summed E-state index contributed by atoms with van der Waals surface area (Å²) < 4.78 is 5.33. The molecule has 126 valence electrons. The molecule has 0 spiro atoms. The Balaban J connectivity index is 1.82. The van der Waals surface area contributed by atoms with Crippen molar-refractivity contribution in [2.24, 2.45) is 11.7 Å². The molecule has 1 aliphatic heterocycles. The topological polar surface area (TPSA) is 97.5 Å². The van der Waals surface area contributed by atoms with Gasteiger partial charge in [-0.3, -0.25) is 9.78 Å². The quantitative estimate of drug-likeness (QED) is 0.900. The Morgan fingerprint density at radius 1 is 1.38 bits per heavy atom. The van der Waals surface area contributed by atoms with Crippen LogP contribution < -0.4 is 15.8 Å². The predicted molar refractivity (Wildman–Crippen MR) is 90.8 cm³/mol. The summed E-state index contributed by atoms with van der Waals surface area (Å²) >= 11 is 0. The standard InChI is InChI=1S/C17H20N4O3/c1-24-14-7-6-13(15-12(14)5-2-8-19-15)20-17(23)21-9-3-4-11(10-21)16(18)22/h2,5-8,11H,3-4,9-10H2,1H3,(H2,18,22)(H,20,23)/t11-/m0/s1. The first kappa shape index (κ1) is 16.0. The number of amides is 3. The van der Waals surface area contributed by atoms with Crippen molar-refractivity contribution < 1.29 is 14.3 Å². The van der Waals surface area contributed by atoms with Crippen LogP contribution in [0.3, 0.4) is 0 Å². The number of urea groups is 1. The minimum absolute atomic E-state index is 0.252. The Hall–Kier alpha value is -2.83. The van der Waals surface area contributed by atoms with E-state index in [1.807, 2.05) is 12.1 Å². The van der Waals surface area contributed by atoms with Crippen molar-refractivity contribution in [1.82, 2.24) is 9.88 Å². The first-order valence-corrected chi connectivity index (χ1v) is 7.87. The average molecular weight is 328 g/mol. The van der Waals surface area contributed by atoms with Crippen molar-refractivity contribution in [2.45, 2.75) is 12.8 Å². The number of hydrogen-bond acceptors (Lipinski definition) is 4. The molecule has 1 fully saturated rings. The summed E-state index contributed by atoms with van der Waals surface area (Å²) in [5.41, 5.74) is 6.64. The number of fused-ring (bicyclic) bond motifs is 1. The lowest BCUT2D eigenvalue weighted by Crippen LogP contribution is -2.45. The van der Waals surface area contributed by atoms with E-state index in [4.69, 9.17) is 10.5 Å². The van der Waals surface area contributed by atoms with Crippen LogP contribution in [0.2, 0.25) is 0 Å². The number of hydrogen-bond donors (Lipinski definition) is 2. The molecule has 24 heavy (non-hydrogen) atoms. The molecule has 7 heteroatoms. The molecule has 3 amide bonds. The number of piperidine rings is 1. The summed E-state index contributed by atoms with van der Waals surface area (Å²) in [6, 6.07) is 7.02. The van der Waals surface area contributed by atoms with Crippen molar-refractivity contribution in [3.05, 3.63) is 30.5 Å². The number of carbonyl (C=O) groups excluding carboxylic acids is 2. The predicted octanol–water partition coefficient (Wildman–Crippen LogP) is 1.97. The molecule has 0 unspecified atom stereocenters. The molecule has 1 aliphatic rings. The molecular weight excluding hydrogens is 308 g/mol. The van der Waals surface area contributed by atoms with Crippen molar-refractivity contribution in [2.75, 3.05) is 25.5 Å². The molecule has 1 atom stereocenters. The van der Waals surface area contributed by atoms with Crippen molar-refractivity contribution in [1.29, 1.82) is 0 Å². The van der Waals surface area contributed by atoms with E-state index in [0.29, 0.717) is 30.0 Å². The number of carbonyl (C=O) groups is 2. The molecule has 1 saturated heterocycles. The molecule has 0 aliphatic carbocycles. The van der Waals surface area contributed by atoms with Gasteiger partial charge in [0.25, 0.3) is 0 Å². The number of ether oxygens (including phenoxy) is 1. The zero-order valence-electron chi connectivity index (χ0n) is 13.5. The molecule has 0 saturated carbocycles. The van der Waals surface area contributed by atoms with Gasteiger partial charge in [-0.05, 0) is 37.1 Å². The van der Waals surface area contributed by atoms with Gasteiger partial charge in [-0.15, -0.1) is 0 Å². The Morgan fingerprint density at radius 3 is 2.96 bits per heavy atom. The van der Waals surface area contributed by atoms with Gasteiger partial charge in [0.15, 0.2) is 0 Å². The van der Waals surface area contributed by atoms with E-state index >= 15 is 0 Å². The Bertz CT molecular complexity index is 778. The number of likely N-dealkylation sites (tertiary alicyclic amines) is 1. The van der Waals surface area contributed by atoms with E-state index < -0.39 is 0 Å². The highest BCUT2D eigenvalue weighted by atomic mass is 16.5. The number of pyridine rings is 1. The third-order valence-corrected chi connectivity index (χ3v) is 4.30. The molecule has 1 aromatic carbocycles. The van der Waals surface area contributed by atoms with Crippen molar-refractivity contribution >= 4 is 28.5 Å². The van der Waals surface area contributed by atoms with Crippen LogP contribution in [0.25, 0.3) is 10.9 Å². The number of nitrogens with one attached hydrogen (secondary N) is 1. The molecular formula is C17H20N4O3. The molecule has 7 nitrogen and oxygen atoms in total. The summed E-state index contributed by atoms with van der Waals surface area (Å²) in [6.07, 6.45) is 3.16. The van der Waals surface area contributed by atoms with Crippen molar-refractivity contribution in [3.63, 3.8) is 0 Å². The monoisotopic (exact) mass is 328 g/mol. The lowest BCUT2D eigenvalue weighted by molar-refractivity contribution is -0.123. The number of methoxy groups -OCH3 is 1. The molecule has 1 aromatic heterocycles. The summed E-state index contributed by atoms with van der Waals surface area (Å²) in [6.45, 7) is 0.958. The molecule has 3 N–H and O–H groups in total. The summed E-state index contributed by atoms with van der Waals surface area (Å²) in [5, 5.41) is 3.71. The van der Waals surface area contributed by atoms with Gasteiger partial charge in [-0.25, -0.2) is 4.79 Å². The van der Waals surface area contributed by atoms with Crippen molar-refractivity contribution in [3.8, 4) is 5.75 Å². The second-order valence-corrected chi connectivity index (χ2v) is 5.83. The number of benzene rings is 1. The fraction of sp³-hybridized carbons (Fsp3) is 0.353. The van der Waals surface area contributed by atoms with Gasteiger partial charge in [-0.1, -0.05) is 0 Å². The largest absolute Gasteiger partial charge is 0.496 e. The highest BCUT2D eigenvalue weighted by molar-refractivity contribution is 6.01. The molecule has 0 bridgehead atoms. The molecule has 2 aromatic rings. The van der Waals surface area contributed by atoms with Gasteiger partial charge in [0.1, 0.15) is 5.75 Å². The van der Waals surface area contributed by atoms with Crippen LogP contribution in [0.4, 0.5) is 10.5 Å². The first-order chi connectivity index (χ1) is 11.6. The lowest BCUT2D eigenvalue weighted by Gasteiger charge is -2.31. The third-order valence-electron chi connectivity index (χ3n) is 4.30. The number of nitrogens with two attached hydrogens (primary N) is 1. The summed E-state index contributed by atoms with van der Waals surface area (Å²) in [4.78, 5) is 29.9. The number of rotatable bonds is 3. The van der Waals surface area contributed by atoms with Crippen LogP contribution in [0.15, 0.2) is 30.5 Å². The molecule has 2 heterocycles. The van der Waals surface area contributed by atoms with E-state index in [1.165, 1.54) is 0 Å². The van der Waals surface area contributed by atoms with Crippen LogP contribution >= 0.6 is 0 Å². The van der Waals surface area contributed by atoms with Gasteiger partial charge >= 0.3 is 6.03 Å². The highest BCUT2D eigenvalue weighted by Crippen LogP contribution is 2.30. The zero-order chi connectivity index (χ0) is 17.1. The maximum absolute atomic E-state index is 12.5. The minimum Gasteiger partial charge on any atom is -0.496 e. The van der Waals surface area contributed by atoms with Crippen LogP contribution in [0.1, 0.15) is 12.8 Å². The van der Waals surface area contributed by atoms with Gasteiger partial charge in [0.2, 0.25) is 5.91 Å². The van der Waals surface area contributed by atoms with Gasteiger partial charge < -0.3 is 20.7 Å². The first-order valence-electron chi connectivity index (χ1n) is 7.87. The Labute approximate surface area is 139 Å².